The summed E-state index contributed by atoms with van der Waals surface area (Å²) >= 11 is 0. The van der Waals surface area contributed by atoms with Crippen molar-refractivity contribution in [3.63, 3.8) is 0 Å². The fraction of sp³-hybridized carbons (Fsp3) is 0.0526. The zero-order chi connectivity index (χ0) is 17.9. The van der Waals surface area contributed by atoms with E-state index in [9.17, 15) is 9.59 Å². The number of amides is 1. The maximum Gasteiger partial charge on any atom is 0.276 e. The van der Waals surface area contributed by atoms with E-state index in [1.54, 1.807) is 0 Å². The number of imidazole rings is 1. The number of nitrogens with zero attached hydrogens (tertiary/aromatic N) is 3. The molecule has 7 heteroatoms. The van der Waals surface area contributed by atoms with Crippen molar-refractivity contribution in [2.75, 3.05) is 5.32 Å². The first kappa shape index (κ1) is 15.8. The van der Waals surface area contributed by atoms with Crippen LogP contribution in [0.5, 0.6) is 0 Å². The molecule has 2 aromatic heterocycles. The molecule has 7 nitrogen and oxygen atoms in total. The number of rotatable bonds is 4. The molecule has 128 valence electrons. The number of hydrogen-bond acceptors (Lipinski definition) is 4. The number of para-hydroxylation sites is 2. The first-order valence-corrected chi connectivity index (χ1v) is 8.05. The number of fused-ring (bicyclic) bond motifs is 1. The Bertz CT molecular complexity index is 1110. The van der Waals surface area contributed by atoms with Gasteiger partial charge in [0.1, 0.15) is 5.69 Å². The van der Waals surface area contributed by atoms with Crippen LogP contribution < -0.4 is 10.9 Å². The molecular formula is C19H15N5O2. The Kier molecular flexibility index (Phi) is 4.03. The summed E-state index contributed by atoms with van der Waals surface area (Å²) < 4.78 is 2.08. The minimum atomic E-state index is -0.380. The van der Waals surface area contributed by atoms with E-state index < -0.39 is 0 Å². The van der Waals surface area contributed by atoms with Crippen molar-refractivity contribution in [1.82, 2.24) is 19.7 Å². The summed E-state index contributed by atoms with van der Waals surface area (Å²) in [6.45, 7) is 0.691. The van der Waals surface area contributed by atoms with Crippen LogP contribution in [0.15, 0.2) is 71.8 Å². The van der Waals surface area contributed by atoms with Gasteiger partial charge >= 0.3 is 0 Å². The second kappa shape index (κ2) is 6.64. The summed E-state index contributed by atoms with van der Waals surface area (Å²) in [5, 5.41) is 8.70. The van der Waals surface area contributed by atoms with Crippen molar-refractivity contribution in [2.24, 2.45) is 0 Å². The number of hydrogen-bond donors (Lipinski definition) is 2. The van der Waals surface area contributed by atoms with E-state index in [0.717, 1.165) is 16.6 Å². The van der Waals surface area contributed by atoms with E-state index in [1.807, 2.05) is 54.9 Å². The van der Waals surface area contributed by atoms with Crippen molar-refractivity contribution in [3.8, 4) is 0 Å². The second-order valence-corrected chi connectivity index (χ2v) is 5.82. The predicted molar refractivity (Wildman–Crippen MR) is 98.1 cm³/mol. The first-order valence-electron chi connectivity index (χ1n) is 8.05. The fourth-order valence-electron chi connectivity index (χ4n) is 2.69. The van der Waals surface area contributed by atoms with Gasteiger partial charge in [0, 0.05) is 18.3 Å². The SMILES string of the molecule is O=C(Nc1ccc(Cn2cnc3ccccc32)cc1)c1ccc(=O)[nH]n1. The van der Waals surface area contributed by atoms with E-state index in [2.05, 4.69) is 25.1 Å². The zero-order valence-electron chi connectivity index (χ0n) is 13.7. The standard InChI is InChI=1S/C19H15N5O2/c25-18-10-9-16(22-23-18)19(26)21-14-7-5-13(6-8-14)11-24-12-20-15-3-1-2-4-17(15)24/h1-10,12H,11H2,(H,21,26)(H,23,25). The normalized spacial score (nSPS) is 10.8. The fourth-order valence-corrected chi connectivity index (χ4v) is 2.69. The van der Waals surface area contributed by atoms with Crippen LogP contribution in [0.2, 0.25) is 0 Å². The molecule has 0 saturated carbocycles. The quantitative estimate of drug-likeness (QED) is 0.594. The number of aromatic nitrogens is 4. The largest absolute Gasteiger partial charge is 0.326 e. The molecule has 0 spiro atoms. The van der Waals surface area contributed by atoms with Crippen molar-refractivity contribution in [3.05, 3.63) is 88.6 Å². The van der Waals surface area contributed by atoms with Crippen molar-refractivity contribution >= 4 is 22.6 Å². The van der Waals surface area contributed by atoms with Gasteiger partial charge in [-0.05, 0) is 35.9 Å². The average molecular weight is 345 g/mol. The Balaban J connectivity index is 1.47. The van der Waals surface area contributed by atoms with Crippen LogP contribution in [0.4, 0.5) is 5.69 Å². The number of aromatic amines is 1. The minimum absolute atomic E-state index is 0.151. The molecule has 0 unspecified atom stereocenters. The van der Waals surface area contributed by atoms with E-state index in [4.69, 9.17) is 0 Å². The molecule has 0 saturated heterocycles. The summed E-state index contributed by atoms with van der Waals surface area (Å²) in [7, 11) is 0. The number of carbonyl (C=O) groups is 1. The molecule has 0 radical (unpaired) electrons. The smallest absolute Gasteiger partial charge is 0.276 e. The molecule has 1 amide bonds. The molecule has 2 N–H and O–H groups in total. The zero-order valence-corrected chi connectivity index (χ0v) is 13.7. The lowest BCUT2D eigenvalue weighted by Crippen LogP contribution is -2.17. The van der Waals surface area contributed by atoms with Gasteiger partial charge in [-0.2, -0.15) is 5.10 Å². The molecule has 0 bridgehead atoms. The monoisotopic (exact) mass is 345 g/mol. The summed E-state index contributed by atoms with van der Waals surface area (Å²) in [6, 6.07) is 18.2. The lowest BCUT2D eigenvalue weighted by Gasteiger charge is -2.07. The number of anilines is 1. The summed E-state index contributed by atoms with van der Waals surface area (Å²) in [5.74, 6) is -0.380. The molecular weight excluding hydrogens is 330 g/mol. The molecule has 0 atom stereocenters. The topological polar surface area (TPSA) is 92.7 Å². The van der Waals surface area contributed by atoms with Crippen molar-refractivity contribution < 1.29 is 4.79 Å². The number of carbonyl (C=O) groups excluding carboxylic acids is 1. The molecule has 2 heterocycles. The van der Waals surface area contributed by atoms with Gasteiger partial charge in [0.05, 0.1) is 17.4 Å². The van der Waals surface area contributed by atoms with Crippen LogP contribution in [0.3, 0.4) is 0 Å². The maximum absolute atomic E-state index is 12.1. The van der Waals surface area contributed by atoms with Gasteiger partial charge in [0.25, 0.3) is 11.5 Å². The maximum atomic E-state index is 12.1. The third-order valence-electron chi connectivity index (χ3n) is 4.00. The van der Waals surface area contributed by atoms with Gasteiger partial charge in [-0.1, -0.05) is 24.3 Å². The number of nitrogens with one attached hydrogen (secondary N) is 2. The van der Waals surface area contributed by atoms with Crippen LogP contribution in [-0.4, -0.2) is 25.7 Å². The molecule has 2 aromatic carbocycles. The molecule has 4 aromatic rings. The highest BCUT2D eigenvalue weighted by atomic mass is 16.2. The Morgan fingerprint density at radius 3 is 2.62 bits per heavy atom. The number of benzene rings is 2. The van der Waals surface area contributed by atoms with E-state index in [1.165, 1.54) is 12.1 Å². The molecule has 0 fully saturated rings. The van der Waals surface area contributed by atoms with Gasteiger partial charge in [0.2, 0.25) is 0 Å². The van der Waals surface area contributed by atoms with Gasteiger partial charge in [-0.3, -0.25) is 9.59 Å². The number of H-pyrrole nitrogens is 1. The van der Waals surface area contributed by atoms with Gasteiger partial charge in [-0.25, -0.2) is 10.1 Å². The highest BCUT2D eigenvalue weighted by Gasteiger charge is 2.08. The first-order chi connectivity index (χ1) is 12.7. The van der Waals surface area contributed by atoms with Crippen LogP contribution in [0.25, 0.3) is 11.0 Å². The Labute approximate surface area is 148 Å². The third-order valence-corrected chi connectivity index (χ3v) is 4.00. The minimum Gasteiger partial charge on any atom is -0.326 e. The van der Waals surface area contributed by atoms with Crippen molar-refractivity contribution in [1.29, 1.82) is 0 Å². The van der Waals surface area contributed by atoms with Crippen molar-refractivity contribution in [2.45, 2.75) is 6.54 Å². The lowest BCUT2D eigenvalue weighted by atomic mass is 10.2. The molecule has 0 aliphatic carbocycles. The Hall–Kier alpha value is -3.74. The van der Waals surface area contributed by atoms with Crippen LogP contribution in [0, 0.1) is 0 Å². The third kappa shape index (κ3) is 3.23. The highest BCUT2D eigenvalue weighted by Crippen LogP contribution is 2.16. The molecule has 0 aliphatic rings. The molecule has 4 rings (SSSR count). The summed E-state index contributed by atoms with van der Waals surface area (Å²) in [4.78, 5) is 27.5. The van der Waals surface area contributed by atoms with Crippen LogP contribution in [-0.2, 0) is 6.54 Å². The summed E-state index contributed by atoms with van der Waals surface area (Å²) in [6.07, 6.45) is 1.82. The highest BCUT2D eigenvalue weighted by molar-refractivity contribution is 6.02. The Morgan fingerprint density at radius 2 is 1.85 bits per heavy atom. The van der Waals surface area contributed by atoms with Crippen LogP contribution in [0.1, 0.15) is 16.1 Å². The van der Waals surface area contributed by atoms with Gasteiger partial charge < -0.3 is 9.88 Å². The Morgan fingerprint density at radius 1 is 1.04 bits per heavy atom. The molecule has 26 heavy (non-hydrogen) atoms. The van der Waals surface area contributed by atoms with Crippen LogP contribution >= 0.6 is 0 Å². The molecule has 0 aliphatic heterocycles. The predicted octanol–water partition coefficient (Wildman–Crippen LogP) is 2.42. The average Bonchev–Trinajstić information content (AvgIpc) is 3.07. The van der Waals surface area contributed by atoms with E-state index in [0.29, 0.717) is 12.2 Å². The van der Waals surface area contributed by atoms with Gasteiger partial charge in [0.15, 0.2) is 0 Å². The summed E-state index contributed by atoms with van der Waals surface area (Å²) in [5.41, 5.74) is 3.59. The van der Waals surface area contributed by atoms with E-state index in [-0.39, 0.29) is 17.2 Å². The van der Waals surface area contributed by atoms with Gasteiger partial charge in [-0.15, -0.1) is 0 Å². The van der Waals surface area contributed by atoms with E-state index >= 15 is 0 Å². The second-order valence-electron chi connectivity index (χ2n) is 5.82. The lowest BCUT2D eigenvalue weighted by molar-refractivity contribution is 0.102.